The summed E-state index contributed by atoms with van der Waals surface area (Å²) in [7, 11) is -3.53. The standard InChI is InChI=1S/C21H25N3O5S/c1-16-3-6-18(7-4-16)30(26,27)24-10-2-9-23(11-12-24)14-21(25)22-17-5-8-19-20(13-17)29-15-28-19/h3-8,13H,2,9-12,14-15H2,1H3,(H,22,25). The van der Waals surface area contributed by atoms with Crippen molar-refractivity contribution >= 4 is 21.6 Å². The highest BCUT2D eigenvalue weighted by molar-refractivity contribution is 7.89. The Bertz CT molecular complexity index is 1020. The van der Waals surface area contributed by atoms with Gasteiger partial charge in [-0.2, -0.15) is 4.31 Å². The van der Waals surface area contributed by atoms with Crippen LogP contribution in [-0.4, -0.2) is 63.0 Å². The number of amides is 1. The lowest BCUT2D eigenvalue weighted by Gasteiger charge is -2.21. The zero-order chi connectivity index (χ0) is 21.1. The average molecular weight is 432 g/mol. The molecule has 160 valence electrons. The quantitative estimate of drug-likeness (QED) is 0.780. The van der Waals surface area contributed by atoms with Crippen LogP contribution in [0.3, 0.4) is 0 Å². The lowest BCUT2D eigenvalue weighted by atomic mass is 10.2. The van der Waals surface area contributed by atoms with Gasteiger partial charge in [0.25, 0.3) is 0 Å². The largest absolute Gasteiger partial charge is 0.454 e. The Kier molecular flexibility index (Phi) is 5.94. The summed E-state index contributed by atoms with van der Waals surface area (Å²) in [6.45, 7) is 4.27. The third-order valence-corrected chi connectivity index (χ3v) is 7.14. The molecule has 4 rings (SSSR count). The topological polar surface area (TPSA) is 88.2 Å². The van der Waals surface area contributed by atoms with Crippen molar-refractivity contribution in [2.75, 3.05) is 44.8 Å². The van der Waals surface area contributed by atoms with Gasteiger partial charge >= 0.3 is 0 Å². The SMILES string of the molecule is Cc1ccc(S(=O)(=O)N2CCCN(CC(=O)Nc3ccc4c(c3)OCO4)CC2)cc1. The molecular formula is C21H25N3O5S. The summed E-state index contributed by atoms with van der Waals surface area (Å²) in [5, 5.41) is 2.86. The van der Waals surface area contributed by atoms with Crippen LogP contribution in [0.15, 0.2) is 47.4 Å². The number of ether oxygens (including phenoxy) is 2. The maximum Gasteiger partial charge on any atom is 0.243 e. The number of benzene rings is 2. The molecule has 1 fully saturated rings. The minimum atomic E-state index is -3.53. The molecule has 0 spiro atoms. The Morgan fingerprint density at radius 2 is 1.77 bits per heavy atom. The Balaban J connectivity index is 1.34. The number of anilines is 1. The number of sulfonamides is 1. The summed E-state index contributed by atoms with van der Waals surface area (Å²) >= 11 is 0. The highest BCUT2D eigenvalue weighted by atomic mass is 32.2. The molecule has 2 heterocycles. The van der Waals surface area contributed by atoms with Gasteiger partial charge in [0.05, 0.1) is 11.4 Å². The van der Waals surface area contributed by atoms with E-state index >= 15 is 0 Å². The molecule has 0 aromatic heterocycles. The second-order valence-electron chi connectivity index (χ2n) is 7.46. The molecule has 1 N–H and O–H groups in total. The summed E-state index contributed by atoms with van der Waals surface area (Å²) < 4.78 is 37.9. The van der Waals surface area contributed by atoms with Crippen molar-refractivity contribution in [1.29, 1.82) is 0 Å². The molecule has 9 heteroatoms. The van der Waals surface area contributed by atoms with Gasteiger partial charge < -0.3 is 14.8 Å². The Morgan fingerprint density at radius 3 is 2.57 bits per heavy atom. The first kappa shape index (κ1) is 20.6. The van der Waals surface area contributed by atoms with Crippen LogP contribution in [0.4, 0.5) is 5.69 Å². The Morgan fingerprint density at radius 1 is 1.00 bits per heavy atom. The van der Waals surface area contributed by atoms with Crippen molar-refractivity contribution in [3.8, 4) is 11.5 Å². The van der Waals surface area contributed by atoms with E-state index in [9.17, 15) is 13.2 Å². The lowest BCUT2D eigenvalue weighted by Crippen LogP contribution is -2.38. The van der Waals surface area contributed by atoms with Gasteiger partial charge in [-0.25, -0.2) is 8.42 Å². The number of nitrogens with one attached hydrogen (secondary N) is 1. The van der Waals surface area contributed by atoms with Gasteiger partial charge in [-0.15, -0.1) is 0 Å². The van der Waals surface area contributed by atoms with Crippen LogP contribution in [0.2, 0.25) is 0 Å². The van der Waals surface area contributed by atoms with Gasteiger partial charge in [0.1, 0.15) is 0 Å². The van der Waals surface area contributed by atoms with Crippen molar-refractivity contribution in [3.05, 3.63) is 48.0 Å². The predicted octanol–water partition coefficient (Wildman–Crippen LogP) is 2.06. The van der Waals surface area contributed by atoms with E-state index in [0.717, 1.165) is 5.56 Å². The molecule has 0 atom stereocenters. The first-order valence-electron chi connectivity index (χ1n) is 9.90. The predicted molar refractivity (Wildman–Crippen MR) is 112 cm³/mol. The molecule has 1 saturated heterocycles. The third-order valence-electron chi connectivity index (χ3n) is 5.23. The number of aryl methyl sites for hydroxylation is 1. The van der Waals surface area contributed by atoms with E-state index in [2.05, 4.69) is 5.32 Å². The first-order valence-corrected chi connectivity index (χ1v) is 11.3. The van der Waals surface area contributed by atoms with E-state index < -0.39 is 10.0 Å². The smallest absolute Gasteiger partial charge is 0.243 e. The Labute approximate surface area is 176 Å². The fraction of sp³-hybridized carbons (Fsp3) is 0.381. The minimum absolute atomic E-state index is 0.149. The number of rotatable bonds is 5. The van der Waals surface area contributed by atoms with E-state index in [1.165, 1.54) is 4.31 Å². The molecule has 0 unspecified atom stereocenters. The summed E-state index contributed by atoms with van der Waals surface area (Å²) in [6, 6.07) is 12.2. The van der Waals surface area contributed by atoms with E-state index in [4.69, 9.17) is 9.47 Å². The van der Waals surface area contributed by atoms with Crippen LogP contribution in [0.25, 0.3) is 0 Å². The summed E-state index contributed by atoms with van der Waals surface area (Å²) in [5.41, 5.74) is 1.66. The van der Waals surface area contributed by atoms with Crippen LogP contribution < -0.4 is 14.8 Å². The summed E-state index contributed by atoms with van der Waals surface area (Å²) in [5.74, 6) is 1.12. The van der Waals surface area contributed by atoms with Crippen molar-refractivity contribution in [2.24, 2.45) is 0 Å². The molecule has 0 bridgehead atoms. The monoisotopic (exact) mass is 431 g/mol. The lowest BCUT2D eigenvalue weighted by molar-refractivity contribution is -0.117. The Hall–Kier alpha value is -2.62. The van der Waals surface area contributed by atoms with Crippen LogP contribution in [0.5, 0.6) is 11.5 Å². The van der Waals surface area contributed by atoms with Crippen molar-refractivity contribution in [2.45, 2.75) is 18.2 Å². The fourth-order valence-corrected chi connectivity index (χ4v) is 5.05. The van der Waals surface area contributed by atoms with Gasteiger partial charge in [0.2, 0.25) is 22.7 Å². The number of hydrogen-bond donors (Lipinski definition) is 1. The van der Waals surface area contributed by atoms with E-state index in [1.54, 1.807) is 42.5 Å². The number of fused-ring (bicyclic) bond motifs is 1. The van der Waals surface area contributed by atoms with Gasteiger partial charge in [-0.05, 0) is 44.2 Å². The minimum Gasteiger partial charge on any atom is -0.454 e. The third kappa shape index (κ3) is 4.58. The van der Waals surface area contributed by atoms with Crippen molar-refractivity contribution < 1.29 is 22.7 Å². The van der Waals surface area contributed by atoms with E-state index in [-0.39, 0.29) is 19.2 Å². The number of hydrogen-bond acceptors (Lipinski definition) is 6. The molecule has 0 saturated carbocycles. The second kappa shape index (κ2) is 8.63. The van der Waals surface area contributed by atoms with Gasteiger partial charge in [0.15, 0.2) is 11.5 Å². The highest BCUT2D eigenvalue weighted by Crippen LogP contribution is 2.34. The molecule has 0 radical (unpaired) electrons. The van der Waals surface area contributed by atoms with E-state index in [0.29, 0.717) is 54.7 Å². The first-order chi connectivity index (χ1) is 14.4. The van der Waals surface area contributed by atoms with Gasteiger partial charge in [-0.1, -0.05) is 17.7 Å². The highest BCUT2D eigenvalue weighted by Gasteiger charge is 2.27. The molecule has 1 amide bonds. The average Bonchev–Trinajstić information content (AvgIpc) is 3.05. The normalized spacial score (nSPS) is 17.5. The molecule has 2 aliphatic heterocycles. The molecule has 2 aromatic carbocycles. The van der Waals surface area contributed by atoms with Crippen molar-refractivity contribution in [3.63, 3.8) is 0 Å². The molecule has 8 nitrogen and oxygen atoms in total. The molecule has 2 aromatic rings. The number of nitrogens with zero attached hydrogens (tertiary/aromatic N) is 2. The molecule has 30 heavy (non-hydrogen) atoms. The zero-order valence-corrected chi connectivity index (χ0v) is 17.7. The number of carbonyl (C=O) groups is 1. The molecular weight excluding hydrogens is 406 g/mol. The maximum absolute atomic E-state index is 12.9. The van der Waals surface area contributed by atoms with Crippen molar-refractivity contribution in [1.82, 2.24) is 9.21 Å². The fourth-order valence-electron chi connectivity index (χ4n) is 3.58. The van der Waals surface area contributed by atoms with Crippen LogP contribution in [0, 0.1) is 6.92 Å². The van der Waals surface area contributed by atoms with Crippen LogP contribution in [0.1, 0.15) is 12.0 Å². The molecule has 0 aliphatic carbocycles. The zero-order valence-electron chi connectivity index (χ0n) is 16.8. The summed E-state index contributed by atoms with van der Waals surface area (Å²) in [6.07, 6.45) is 0.669. The van der Waals surface area contributed by atoms with Crippen LogP contribution >= 0.6 is 0 Å². The van der Waals surface area contributed by atoms with E-state index in [1.807, 2.05) is 11.8 Å². The number of carbonyl (C=O) groups excluding carboxylic acids is 1. The van der Waals surface area contributed by atoms with Gasteiger partial charge in [0, 0.05) is 31.4 Å². The second-order valence-corrected chi connectivity index (χ2v) is 9.40. The summed E-state index contributed by atoms with van der Waals surface area (Å²) in [4.78, 5) is 14.8. The van der Waals surface area contributed by atoms with Crippen LogP contribution in [-0.2, 0) is 14.8 Å². The maximum atomic E-state index is 12.9. The van der Waals surface area contributed by atoms with Gasteiger partial charge in [-0.3, -0.25) is 9.69 Å². The molecule has 2 aliphatic rings.